The summed E-state index contributed by atoms with van der Waals surface area (Å²) < 4.78 is 0. The van der Waals surface area contributed by atoms with E-state index in [2.05, 4.69) is 0 Å². The number of quaternary nitrogens is 1. The molecule has 0 bridgehead atoms. The van der Waals surface area contributed by atoms with Gasteiger partial charge in [0.15, 0.2) is 0 Å². The van der Waals surface area contributed by atoms with E-state index < -0.39 is 0 Å². The number of hydroxylamine groups is 1. The average Bonchev–Trinajstić information content (AvgIpc) is 2.15. The maximum absolute atomic E-state index is 11.4. The van der Waals surface area contributed by atoms with Crippen LogP contribution in [0, 0.1) is 5.21 Å². The standard InChI is InChI=1S/C10H13NO/c1-2-3-9-11(12)10-7-5-4-6-8-10/h2-8,11H,9H2,1H3. The highest BCUT2D eigenvalue weighted by Crippen LogP contribution is 1.97. The molecule has 0 spiro atoms. The summed E-state index contributed by atoms with van der Waals surface area (Å²) >= 11 is 0. The zero-order valence-corrected chi connectivity index (χ0v) is 7.16. The fourth-order valence-electron chi connectivity index (χ4n) is 0.967. The first-order valence-electron chi connectivity index (χ1n) is 4.04. The van der Waals surface area contributed by atoms with E-state index in [4.69, 9.17) is 0 Å². The lowest BCUT2D eigenvalue weighted by atomic mass is 10.3. The van der Waals surface area contributed by atoms with Crippen molar-refractivity contribution < 1.29 is 5.06 Å². The average molecular weight is 163 g/mol. The van der Waals surface area contributed by atoms with Crippen LogP contribution in [0.5, 0.6) is 0 Å². The smallest absolute Gasteiger partial charge is 0.131 e. The quantitative estimate of drug-likeness (QED) is 0.527. The van der Waals surface area contributed by atoms with Crippen LogP contribution in [0.2, 0.25) is 0 Å². The molecule has 0 saturated carbocycles. The van der Waals surface area contributed by atoms with Crippen molar-refractivity contribution in [3.8, 4) is 0 Å². The van der Waals surface area contributed by atoms with E-state index in [1.165, 1.54) is 0 Å². The maximum atomic E-state index is 11.4. The topological polar surface area (TPSA) is 27.5 Å². The summed E-state index contributed by atoms with van der Waals surface area (Å²) in [5.41, 5.74) is 0.788. The third-order valence-electron chi connectivity index (χ3n) is 1.63. The Morgan fingerprint density at radius 1 is 1.33 bits per heavy atom. The molecule has 1 aromatic rings. The van der Waals surface area contributed by atoms with Crippen LogP contribution in [0.4, 0.5) is 5.69 Å². The van der Waals surface area contributed by atoms with Gasteiger partial charge < -0.3 is 10.3 Å². The summed E-state index contributed by atoms with van der Waals surface area (Å²) in [5.74, 6) is 0. The van der Waals surface area contributed by atoms with Crippen molar-refractivity contribution in [2.45, 2.75) is 6.92 Å². The van der Waals surface area contributed by atoms with Gasteiger partial charge in [-0.2, -0.15) is 0 Å². The first-order valence-corrected chi connectivity index (χ1v) is 4.04. The minimum atomic E-state index is 0.175. The van der Waals surface area contributed by atoms with Crippen LogP contribution in [0.3, 0.4) is 0 Å². The largest absolute Gasteiger partial charge is 0.629 e. The van der Waals surface area contributed by atoms with Crippen LogP contribution >= 0.6 is 0 Å². The van der Waals surface area contributed by atoms with E-state index >= 15 is 0 Å². The van der Waals surface area contributed by atoms with Crippen LogP contribution in [-0.4, -0.2) is 6.54 Å². The lowest BCUT2D eigenvalue weighted by Gasteiger charge is -2.19. The van der Waals surface area contributed by atoms with Gasteiger partial charge in [-0.25, -0.2) is 0 Å². The van der Waals surface area contributed by atoms with Gasteiger partial charge in [-0.15, -0.1) is 0 Å². The minimum absolute atomic E-state index is 0.175. The van der Waals surface area contributed by atoms with Gasteiger partial charge in [-0.1, -0.05) is 24.3 Å². The van der Waals surface area contributed by atoms with Gasteiger partial charge in [0, 0.05) is 0 Å². The van der Waals surface area contributed by atoms with Crippen LogP contribution in [-0.2, 0) is 0 Å². The molecule has 1 unspecified atom stereocenters. The van der Waals surface area contributed by atoms with Gasteiger partial charge in [-0.3, -0.25) is 0 Å². The number of para-hydroxylation sites is 1. The molecule has 0 aliphatic rings. The molecule has 0 saturated heterocycles. The Balaban J connectivity index is 2.59. The minimum Gasteiger partial charge on any atom is -0.629 e. The van der Waals surface area contributed by atoms with Gasteiger partial charge in [0.05, 0.1) is 0 Å². The molecule has 0 aromatic heterocycles. The molecule has 12 heavy (non-hydrogen) atoms. The van der Waals surface area contributed by atoms with Crippen molar-refractivity contribution in [2.75, 3.05) is 6.54 Å². The summed E-state index contributed by atoms with van der Waals surface area (Å²) in [7, 11) is 0. The van der Waals surface area contributed by atoms with Crippen molar-refractivity contribution in [1.29, 1.82) is 0 Å². The Kier molecular flexibility index (Phi) is 3.51. The second kappa shape index (κ2) is 4.70. The summed E-state index contributed by atoms with van der Waals surface area (Å²) in [5, 5.41) is 11.5. The molecular weight excluding hydrogens is 150 g/mol. The van der Waals surface area contributed by atoms with E-state index in [9.17, 15) is 5.21 Å². The van der Waals surface area contributed by atoms with Crippen LogP contribution < -0.4 is 5.06 Å². The molecule has 0 amide bonds. The summed E-state index contributed by atoms with van der Waals surface area (Å²) in [6.07, 6.45) is 3.76. The summed E-state index contributed by atoms with van der Waals surface area (Å²) in [6.45, 7) is 2.42. The van der Waals surface area contributed by atoms with Gasteiger partial charge in [-0.05, 0) is 25.1 Å². The molecule has 0 radical (unpaired) electrons. The van der Waals surface area contributed by atoms with Gasteiger partial charge in [0.25, 0.3) is 0 Å². The molecule has 0 fully saturated rings. The maximum Gasteiger partial charge on any atom is 0.131 e. The van der Waals surface area contributed by atoms with Crippen molar-refractivity contribution >= 4 is 5.69 Å². The van der Waals surface area contributed by atoms with Gasteiger partial charge in [0.2, 0.25) is 0 Å². The molecule has 1 aromatic carbocycles. The molecule has 1 N–H and O–H groups in total. The van der Waals surface area contributed by atoms with Crippen LogP contribution in [0.1, 0.15) is 6.92 Å². The molecule has 1 rings (SSSR count). The second-order valence-corrected chi connectivity index (χ2v) is 2.56. The van der Waals surface area contributed by atoms with E-state index in [0.29, 0.717) is 6.54 Å². The normalized spacial score (nSPS) is 13.5. The molecular formula is C10H13NO. The SMILES string of the molecule is CC=CC[NH+]([O-])c1ccccc1. The van der Waals surface area contributed by atoms with E-state index in [1.54, 1.807) is 0 Å². The van der Waals surface area contributed by atoms with Crippen molar-refractivity contribution in [3.05, 3.63) is 47.7 Å². The highest BCUT2D eigenvalue weighted by molar-refractivity contribution is 5.28. The highest BCUT2D eigenvalue weighted by atomic mass is 16.5. The van der Waals surface area contributed by atoms with E-state index in [0.717, 1.165) is 5.69 Å². The Bertz CT molecular complexity index is 243. The number of hydrogen-bond acceptors (Lipinski definition) is 1. The summed E-state index contributed by atoms with van der Waals surface area (Å²) in [4.78, 5) is 0. The van der Waals surface area contributed by atoms with Gasteiger partial charge >= 0.3 is 0 Å². The lowest BCUT2D eigenvalue weighted by molar-refractivity contribution is -0.768. The molecule has 0 aliphatic carbocycles. The number of rotatable bonds is 3. The number of hydrogen-bond donors (Lipinski definition) is 1. The third kappa shape index (κ3) is 2.49. The molecule has 2 heteroatoms. The Morgan fingerprint density at radius 2 is 2.00 bits per heavy atom. The van der Waals surface area contributed by atoms with Crippen molar-refractivity contribution in [2.24, 2.45) is 0 Å². The van der Waals surface area contributed by atoms with Crippen molar-refractivity contribution in [1.82, 2.24) is 0 Å². The highest BCUT2D eigenvalue weighted by Gasteiger charge is 1.96. The fourth-order valence-corrected chi connectivity index (χ4v) is 0.967. The molecule has 0 heterocycles. The summed E-state index contributed by atoms with van der Waals surface area (Å²) in [6, 6.07) is 9.34. The number of nitrogens with one attached hydrogen (secondary N) is 1. The Hall–Kier alpha value is -1.12. The Labute approximate surface area is 72.7 Å². The lowest BCUT2D eigenvalue weighted by Crippen LogP contribution is -3.01. The zero-order chi connectivity index (χ0) is 8.81. The first-order chi connectivity index (χ1) is 5.84. The fraction of sp³-hybridized carbons (Fsp3) is 0.200. The van der Waals surface area contributed by atoms with Crippen LogP contribution in [0.25, 0.3) is 0 Å². The van der Waals surface area contributed by atoms with E-state index in [1.807, 2.05) is 49.4 Å². The van der Waals surface area contributed by atoms with E-state index in [-0.39, 0.29) is 5.06 Å². The van der Waals surface area contributed by atoms with Gasteiger partial charge in [0.1, 0.15) is 12.2 Å². The second-order valence-electron chi connectivity index (χ2n) is 2.56. The third-order valence-corrected chi connectivity index (χ3v) is 1.63. The molecule has 64 valence electrons. The van der Waals surface area contributed by atoms with Crippen LogP contribution in [0.15, 0.2) is 42.5 Å². The predicted molar refractivity (Wildman–Crippen MR) is 50.1 cm³/mol. The molecule has 0 aliphatic heterocycles. The predicted octanol–water partition coefficient (Wildman–Crippen LogP) is 1.28. The molecule has 2 nitrogen and oxygen atoms in total. The number of benzene rings is 1. The zero-order valence-electron chi connectivity index (χ0n) is 7.16. The Morgan fingerprint density at radius 3 is 2.58 bits per heavy atom. The first kappa shape index (κ1) is 8.97. The monoisotopic (exact) mass is 163 g/mol. The molecule has 1 atom stereocenters. The number of allylic oxidation sites excluding steroid dienone is 1. The van der Waals surface area contributed by atoms with Crippen molar-refractivity contribution in [3.63, 3.8) is 0 Å².